The molecule has 10 nitrogen and oxygen atoms in total. The molecule has 0 saturated carbocycles. The van der Waals surface area contributed by atoms with Crippen molar-refractivity contribution in [2.75, 3.05) is 18.4 Å². The molecule has 1 aliphatic carbocycles. The van der Waals surface area contributed by atoms with E-state index in [4.69, 9.17) is 19.1 Å². The van der Waals surface area contributed by atoms with E-state index in [0.29, 0.717) is 40.2 Å². The fourth-order valence-corrected chi connectivity index (χ4v) is 10.3. The first-order valence-corrected chi connectivity index (χ1v) is 20.7. The number of hydrogen-bond acceptors (Lipinski definition) is 11. The maximum atomic E-state index is 14.5. The Morgan fingerprint density at radius 2 is 1.59 bits per heavy atom. The Hall–Kier alpha value is -5.47. The van der Waals surface area contributed by atoms with Gasteiger partial charge < -0.3 is 14.5 Å². The number of para-hydroxylation sites is 2. The second-order valence-electron chi connectivity index (χ2n) is 13.0. The van der Waals surface area contributed by atoms with Crippen LogP contribution in [0, 0.1) is 0 Å². The molecule has 54 heavy (non-hydrogen) atoms. The van der Waals surface area contributed by atoms with Crippen LogP contribution in [0.25, 0.3) is 53.9 Å². The van der Waals surface area contributed by atoms with Crippen molar-refractivity contribution >= 4 is 86.0 Å². The first kappa shape index (κ1) is 34.3. The SMILES string of the molecule is CCC(=O)OC1CCN(S(=O)(=O)c2ccccc2-c2c3ccc(=Nc4nc5ccccc5s4)cc-3oc3cc(Nc4nc5ccccc5s4)ccc23)CC1. The van der Waals surface area contributed by atoms with Crippen LogP contribution in [-0.2, 0) is 19.6 Å². The van der Waals surface area contributed by atoms with E-state index in [1.54, 1.807) is 30.4 Å². The summed E-state index contributed by atoms with van der Waals surface area (Å²) in [5.41, 5.74) is 5.17. The summed E-state index contributed by atoms with van der Waals surface area (Å²) in [6, 6.07) is 34.6. The van der Waals surface area contributed by atoms with E-state index in [-0.39, 0.29) is 36.5 Å². The van der Waals surface area contributed by atoms with Crippen LogP contribution in [0.1, 0.15) is 26.2 Å². The number of nitrogens with one attached hydrogen (secondary N) is 1. The van der Waals surface area contributed by atoms with E-state index >= 15 is 0 Å². The van der Waals surface area contributed by atoms with Crippen molar-refractivity contribution in [2.24, 2.45) is 4.99 Å². The predicted octanol–water partition coefficient (Wildman–Crippen LogP) is 9.51. The van der Waals surface area contributed by atoms with Crippen molar-refractivity contribution < 1.29 is 22.4 Å². The monoisotopic (exact) mass is 771 g/mol. The van der Waals surface area contributed by atoms with Gasteiger partial charge in [0.15, 0.2) is 5.13 Å². The van der Waals surface area contributed by atoms with E-state index in [1.807, 2.05) is 97.1 Å². The van der Waals surface area contributed by atoms with Crippen LogP contribution in [0.3, 0.4) is 0 Å². The van der Waals surface area contributed by atoms with Crippen LogP contribution in [0.15, 0.2) is 123 Å². The van der Waals surface area contributed by atoms with Gasteiger partial charge in [0.1, 0.15) is 17.4 Å². The van der Waals surface area contributed by atoms with Gasteiger partial charge in [-0.2, -0.15) is 4.31 Å². The van der Waals surface area contributed by atoms with Gasteiger partial charge >= 0.3 is 5.97 Å². The average Bonchev–Trinajstić information content (AvgIpc) is 3.80. The number of rotatable bonds is 8. The van der Waals surface area contributed by atoms with Crippen molar-refractivity contribution in [1.29, 1.82) is 0 Å². The van der Waals surface area contributed by atoms with Gasteiger partial charge in [0.05, 0.1) is 30.7 Å². The van der Waals surface area contributed by atoms with Crippen LogP contribution in [0.2, 0.25) is 0 Å². The van der Waals surface area contributed by atoms with Crippen LogP contribution in [0.4, 0.5) is 16.0 Å². The Balaban J connectivity index is 1.17. The summed E-state index contributed by atoms with van der Waals surface area (Å²) >= 11 is 3.07. The van der Waals surface area contributed by atoms with Gasteiger partial charge in [0.25, 0.3) is 0 Å². The lowest BCUT2D eigenvalue weighted by atomic mass is 9.93. The first-order chi connectivity index (χ1) is 26.3. The fourth-order valence-electron chi connectivity index (χ4n) is 6.88. The van der Waals surface area contributed by atoms with Gasteiger partial charge in [-0.05, 0) is 67.4 Å². The van der Waals surface area contributed by atoms with Gasteiger partial charge in [-0.1, -0.05) is 72.1 Å². The lowest BCUT2D eigenvalue weighted by molar-refractivity contribution is -0.150. The third-order valence-electron chi connectivity index (χ3n) is 9.52. The van der Waals surface area contributed by atoms with Crippen LogP contribution < -0.4 is 10.7 Å². The number of hydrogen-bond donors (Lipinski definition) is 1. The minimum atomic E-state index is -3.94. The molecule has 4 aromatic carbocycles. The topological polar surface area (TPSA) is 127 Å². The molecule has 2 aliphatic heterocycles. The molecule has 13 heteroatoms. The maximum Gasteiger partial charge on any atom is 0.305 e. The zero-order chi connectivity index (χ0) is 36.8. The lowest BCUT2D eigenvalue weighted by Gasteiger charge is -2.31. The number of benzene rings is 5. The second-order valence-corrected chi connectivity index (χ2v) is 16.9. The predicted molar refractivity (Wildman–Crippen MR) is 214 cm³/mol. The van der Waals surface area contributed by atoms with Gasteiger partial charge in [-0.15, -0.1) is 0 Å². The largest absolute Gasteiger partial charge is 0.462 e. The number of sulfonamides is 1. The molecule has 1 fully saturated rings. The Kier molecular flexibility index (Phi) is 8.94. The average molecular weight is 772 g/mol. The van der Waals surface area contributed by atoms with Crippen molar-refractivity contribution in [2.45, 2.75) is 37.2 Å². The number of fused-ring (bicyclic) bond motifs is 4. The number of ether oxygens (including phenoxy) is 1. The van der Waals surface area contributed by atoms with Crippen molar-refractivity contribution in [3.63, 3.8) is 0 Å². The highest BCUT2D eigenvalue weighted by Crippen LogP contribution is 2.44. The molecule has 0 bridgehead atoms. The molecule has 3 aliphatic rings. The van der Waals surface area contributed by atoms with Crippen molar-refractivity contribution in [3.05, 3.63) is 115 Å². The molecule has 2 aromatic heterocycles. The van der Waals surface area contributed by atoms with Crippen LogP contribution in [-0.4, -0.2) is 47.9 Å². The molecule has 0 radical (unpaired) electrons. The van der Waals surface area contributed by atoms with E-state index in [2.05, 4.69) is 10.3 Å². The van der Waals surface area contributed by atoms with Crippen molar-refractivity contribution in [1.82, 2.24) is 14.3 Å². The zero-order valence-electron chi connectivity index (χ0n) is 29.1. The van der Waals surface area contributed by atoms with Crippen LogP contribution in [0.5, 0.6) is 0 Å². The first-order valence-electron chi connectivity index (χ1n) is 17.6. The summed E-state index contributed by atoms with van der Waals surface area (Å²) in [5, 5.41) is 6.22. The van der Waals surface area contributed by atoms with Gasteiger partial charge in [-0.3, -0.25) is 4.79 Å². The number of nitrogens with zero attached hydrogens (tertiary/aromatic N) is 4. The third kappa shape index (κ3) is 6.53. The molecule has 0 amide bonds. The van der Waals surface area contributed by atoms with Gasteiger partial charge in [-0.25, -0.2) is 23.4 Å². The summed E-state index contributed by atoms with van der Waals surface area (Å²) in [6.07, 6.45) is 0.868. The van der Waals surface area contributed by atoms with Gasteiger partial charge in [0.2, 0.25) is 15.2 Å². The van der Waals surface area contributed by atoms with E-state index in [1.165, 1.54) is 15.6 Å². The Morgan fingerprint density at radius 1 is 0.870 bits per heavy atom. The summed E-state index contributed by atoms with van der Waals surface area (Å²) in [5.74, 6) is 0.270. The molecule has 270 valence electrons. The van der Waals surface area contributed by atoms with Crippen molar-refractivity contribution in [3.8, 4) is 22.5 Å². The number of piperidine rings is 1. The summed E-state index contributed by atoms with van der Waals surface area (Å²) < 4.78 is 44.7. The minimum Gasteiger partial charge on any atom is -0.462 e. The number of carbonyl (C=O) groups excluding carboxylic acids is 1. The highest BCUT2D eigenvalue weighted by molar-refractivity contribution is 7.89. The molecule has 0 unspecified atom stereocenters. The molecule has 6 aromatic rings. The molecule has 9 rings (SSSR count). The summed E-state index contributed by atoms with van der Waals surface area (Å²) in [6.45, 7) is 2.25. The maximum absolute atomic E-state index is 14.5. The standard InChI is InChI=1S/C41H33N5O5S3/c1-2-38(47)50-27-19-21-46(22-20-27)54(48,49)37-14-8-3-9-30(37)39-28-17-15-25(42-40-44-31-10-4-6-12-35(31)52-40)23-33(28)51-34-24-26(16-18-29(34)39)43-41-45-32-11-5-7-13-36(32)53-41/h3-18,23-24,27H,2,19-22H2,1H3,(H,42,44). The lowest BCUT2D eigenvalue weighted by Crippen LogP contribution is -2.41. The molecule has 4 heterocycles. The Morgan fingerprint density at radius 3 is 2.35 bits per heavy atom. The number of aromatic nitrogens is 2. The quantitative estimate of drug-likeness (QED) is 0.120. The molecular formula is C41H33N5O5S3. The second kappa shape index (κ2) is 14.1. The van der Waals surface area contributed by atoms with Crippen LogP contribution >= 0.6 is 22.7 Å². The normalized spacial score (nSPS) is 14.7. The molecular weight excluding hydrogens is 739 g/mol. The Labute approximate surface area is 318 Å². The highest BCUT2D eigenvalue weighted by atomic mass is 32.2. The molecule has 1 saturated heterocycles. The summed E-state index contributed by atoms with van der Waals surface area (Å²) in [7, 11) is -3.94. The number of thiazole rings is 2. The fraction of sp³-hybridized carbons (Fsp3) is 0.171. The van der Waals surface area contributed by atoms with Gasteiger partial charge in [0, 0.05) is 59.4 Å². The minimum absolute atomic E-state index is 0.197. The highest BCUT2D eigenvalue weighted by Gasteiger charge is 2.33. The third-order valence-corrected chi connectivity index (χ3v) is 13.4. The summed E-state index contributed by atoms with van der Waals surface area (Å²) in [4.78, 5) is 26.4. The number of carbonyl (C=O) groups is 1. The van der Waals surface area contributed by atoms with E-state index < -0.39 is 10.0 Å². The number of esters is 1. The number of anilines is 2. The Bertz CT molecular complexity index is 2790. The molecule has 0 spiro atoms. The molecule has 0 atom stereocenters. The van der Waals surface area contributed by atoms with E-state index in [9.17, 15) is 13.2 Å². The zero-order valence-corrected chi connectivity index (χ0v) is 31.5. The molecule has 1 N–H and O–H groups in total. The smallest absolute Gasteiger partial charge is 0.305 e. The van der Waals surface area contributed by atoms with E-state index in [0.717, 1.165) is 47.8 Å².